The minimum absolute atomic E-state index is 0.130. The van der Waals surface area contributed by atoms with Crippen LogP contribution in [0.5, 0.6) is 0 Å². The fourth-order valence-electron chi connectivity index (χ4n) is 1.76. The van der Waals surface area contributed by atoms with Gasteiger partial charge in [-0.3, -0.25) is 9.78 Å². The number of pyridine rings is 1. The summed E-state index contributed by atoms with van der Waals surface area (Å²) in [5.41, 5.74) is 13.2. The number of aryl methyl sites for hydroxylation is 1. The molecule has 0 aliphatic carbocycles. The zero-order valence-corrected chi connectivity index (χ0v) is 11.6. The van der Waals surface area contributed by atoms with E-state index in [1.807, 2.05) is 25.1 Å². The maximum Gasteiger partial charge on any atom is 0.253 e. The molecule has 0 unspecified atom stereocenters. The SMILES string of the molecule is Cc1cccnc1CNc1sc(C#N)c(N)c1C(N)=O. The highest BCUT2D eigenvalue weighted by atomic mass is 32.1. The number of hydrogen-bond acceptors (Lipinski definition) is 6. The fraction of sp³-hybridized carbons (Fsp3) is 0.154. The van der Waals surface area contributed by atoms with E-state index in [2.05, 4.69) is 10.3 Å². The Morgan fingerprint density at radius 2 is 2.35 bits per heavy atom. The number of nitrogen functional groups attached to an aromatic ring is 1. The normalized spacial score (nSPS) is 10.0. The molecule has 2 aromatic rings. The van der Waals surface area contributed by atoms with Crippen molar-refractivity contribution in [2.45, 2.75) is 13.5 Å². The van der Waals surface area contributed by atoms with E-state index in [4.69, 9.17) is 16.7 Å². The summed E-state index contributed by atoms with van der Waals surface area (Å²) in [6.45, 7) is 2.38. The number of nitrogens with two attached hydrogens (primary N) is 2. The Bertz CT molecular complexity index is 701. The number of aromatic nitrogens is 1. The molecule has 0 saturated heterocycles. The van der Waals surface area contributed by atoms with Crippen LogP contribution in [0.25, 0.3) is 0 Å². The molecule has 0 spiro atoms. The highest BCUT2D eigenvalue weighted by molar-refractivity contribution is 7.17. The van der Waals surface area contributed by atoms with E-state index in [1.54, 1.807) is 6.20 Å². The first-order valence-corrected chi connectivity index (χ1v) is 6.62. The molecule has 102 valence electrons. The van der Waals surface area contributed by atoms with Gasteiger partial charge >= 0.3 is 0 Å². The average Bonchev–Trinajstić information content (AvgIpc) is 2.74. The molecule has 0 aliphatic heterocycles. The van der Waals surface area contributed by atoms with Crippen LogP contribution in [-0.2, 0) is 6.54 Å². The summed E-state index contributed by atoms with van der Waals surface area (Å²) in [7, 11) is 0. The van der Waals surface area contributed by atoms with Crippen molar-refractivity contribution in [3.05, 3.63) is 40.0 Å². The zero-order valence-electron chi connectivity index (χ0n) is 10.8. The Morgan fingerprint density at radius 1 is 1.60 bits per heavy atom. The van der Waals surface area contributed by atoms with Crippen molar-refractivity contribution < 1.29 is 4.79 Å². The van der Waals surface area contributed by atoms with Crippen molar-refractivity contribution in [2.75, 3.05) is 11.1 Å². The average molecular weight is 287 g/mol. The van der Waals surface area contributed by atoms with Crippen LogP contribution in [0.2, 0.25) is 0 Å². The standard InChI is InChI=1S/C13H13N5OS/c1-7-3-2-4-17-8(7)6-18-13-10(12(16)19)11(15)9(5-14)20-13/h2-4,18H,6,15H2,1H3,(H2,16,19). The van der Waals surface area contributed by atoms with Crippen molar-refractivity contribution in [3.8, 4) is 6.07 Å². The third-order valence-electron chi connectivity index (χ3n) is 2.83. The highest BCUT2D eigenvalue weighted by Crippen LogP contribution is 2.35. The van der Waals surface area contributed by atoms with E-state index in [9.17, 15) is 4.79 Å². The molecular weight excluding hydrogens is 274 g/mol. The second kappa shape index (κ2) is 5.59. The molecule has 0 saturated carbocycles. The summed E-state index contributed by atoms with van der Waals surface area (Å²) in [6, 6.07) is 5.75. The van der Waals surface area contributed by atoms with E-state index in [0.717, 1.165) is 22.6 Å². The molecule has 2 heterocycles. The molecule has 6 nitrogen and oxygen atoms in total. The predicted molar refractivity (Wildman–Crippen MR) is 78.3 cm³/mol. The number of primary amides is 1. The summed E-state index contributed by atoms with van der Waals surface area (Å²) < 4.78 is 0. The van der Waals surface area contributed by atoms with Crippen molar-refractivity contribution in [2.24, 2.45) is 5.73 Å². The number of nitrogens with one attached hydrogen (secondary N) is 1. The molecule has 5 N–H and O–H groups in total. The number of carbonyl (C=O) groups is 1. The van der Waals surface area contributed by atoms with Crippen LogP contribution < -0.4 is 16.8 Å². The molecule has 0 fully saturated rings. The smallest absolute Gasteiger partial charge is 0.253 e. The molecule has 2 aromatic heterocycles. The Labute approximate surface area is 120 Å². The molecule has 0 atom stereocenters. The van der Waals surface area contributed by atoms with Crippen molar-refractivity contribution in [1.82, 2.24) is 4.98 Å². The second-order valence-electron chi connectivity index (χ2n) is 4.15. The second-order valence-corrected chi connectivity index (χ2v) is 5.17. The molecule has 7 heteroatoms. The molecule has 0 radical (unpaired) electrons. The Hall–Kier alpha value is -2.59. The van der Waals surface area contributed by atoms with E-state index in [0.29, 0.717) is 11.5 Å². The van der Waals surface area contributed by atoms with E-state index >= 15 is 0 Å². The van der Waals surface area contributed by atoms with Gasteiger partial charge in [0.15, 0.2) is 0 Å². The van der Waals surface area contributed by atoms with Gasteiger partial charge in [0.1, 0.15) is 15.9 Å². The van der Waals surface area contributed by atoms with Gasteiger partial charge in [-0.05, 0) is 18.6 Å². The van der Waals surface area contributed by atoms with Crippen LogP contribution in [-0.4, -0.2) is 10.9 Å². The van der Waals surface area contributed by atoms with Gasteiger partial charge in [0.05, 0.1) is 23.5 Å². The lowest BCUT2D eigenvalue weighted by atomic mass is 10.2. The van der Waals surface area contributed by atoms with Crippen molar-refractivity contribution in [3.63, 3.8) is 0 Å². The highest BCUT2D eigenvalue weighted by Gasteiger charge is 2.20. The third kappa shape index (κ3) is 2.55. The fourth-order valence-corrected chi connectivity index (χ4v) is 2.68. The summed E-state index contributed by atoms with van der Waals surface area (Å²) in [5, 5.41) is 12.5. The number of hydrogen-bond donors (Lipinski definition) is 3. The predicted octanol–water partition coefficient (Wildman–Crippen LogP) is 1.62. The molecule has 1 amide bonds. The number of amides is 1. The quantitative estimate of drug-likeness (QED) is 0.789. The van der Waals surface area contributed by atoms with E-state index < -0.39 is 5.91 Å². The van der Waals surface area contributed by atoms with Gasteiger partial charge in [0.2, 0.25) is 0 Å². The molecule has 0 aromatic carbocycles. The Morgan fingerprint density at radius 3 is 2.95 bits per heavy atom. The lowest BCUT2D eigenvalue weighted by Crippen LogP contribution is -2.15. The number of carbonyl (C=O) groups excluding carboxylic acids is 1. The van der Waals surface area contributed by atoms with Crippen LogP contribution in [0, 0.1) is 18.3 Å². The van der Waals surface area contributed by atoms with Gasteiger partial charge in [0, 0.05) is 6.20 Å². The van der Waals surface area contributed by atoms with Crippen LogP contribution >= 0.6 is 11.3 Å². The van der Waals surface area contributed by atoms with E-state index in [-0.39, 0.29) is 16.1 Å². The van der Waals surface area contributed by atoms with Gasteiger partial charge in [-0.15, -0.1) is 11.3 Å². The molecular formula is C13H13N5OS. The lowest BCUT2D eigenvalue weighted by molar-refractivity contribution is 0.100. The zero-order chi connectivity index (χ0) is 14.7. The number of thiophene rings is 1. The summed E-state index contributed by atoms with van der Waals surface area (Å²) in [5.74, 6) is -0.652. The van der Waals surface area contributed by atoms with Crippen LogP contribution in [0.1, 0.15) is 26.5 Å². The van der Waals surface area contributed by atoms with Gasteiger partial charge in [-0.2, -0.15) is 5.26 Å². The third-order valence-corrected chi connectivity index (χ3v) is 3.90. The van der Waals surface area contributed by atoms with Gasteiger partial charge in [-0.25, -0.2) is 0 Å². The van der Waals surface area contributed by atoms with E-state index in [1.165, 1.54) is 0 Å². The summed E-state index contributed by atoms with van der Waals surface area (Å²) >= 11 is 1.11. The molecule has 0 bridgehead atoms. The number of anilines is 2. The van der Waals surface area contributed by atoms with Crippen molar-refractivity contribution >= 4 is 27.9 Å². The molecule has 2 rings (SSSR count). The Kier molecular flexibility index (Phi) is 3.86. The van der Waals surface area contributed by atoms with Crippen LogP contribution in [0.15, 0.2) is 18.3 Å². The Balaban J connectivity index is 2.29. The lowest BCUT2D eigenvalue weighted by Gasteiger charge is -2.07. The summed E-state index contributed by atoms with van der Waals surface area (Å²) in [4.78, 5) is 16.0. The first-order chi connectivity index (χ1) is 9.54. The number of nitriles is 1. The maximum absolute atomic E-state index is 11.4. The van der Waals surface area contributed by atoms with Crippen LogP contribution in [0.3, 0.4) is 0 Å². The maximum atomic E-state index is 11.4. The monoisotopic (exact) mass is 287 g/mol. The first kappa shape index (κ1) is 13.8. The molecule has 20 heavy (non-hydrogen) atoms. The summed E-state index contributed by atoms with van der Waals surface area (Å²) in [6.07, 6.45) is 1.70. The largest absolute Gasteiger partial charge is 0.396 e. The minimum Gasteiger partial charge on any atom is -0.396 e. The topological polar surface area (TPSA) is 118 Å². The van der Waals surface area contributed by atoms with Gasteiger partial charge in [0.25, 0.3) is 5.91 Å². The van der Waals surface area contributed by atoms with Gasteiger partial charge < -0.3 is 16.8 Å². The first-order valence-electron chi connectivity index (χ1n) is 5.81. The van der Waals surface area contributed by atoms with Crippen molar-refractivity contribution in [1.29, 1.82) is 5.26 Å². The van der Waals surface area contributed by atoms with Crippen LogP contribution in [0.4, 0.5) is 10.7 Å². The number of nitrogens with zero attached hydrogens (tertiary/aromatic N) is 2. The minimum atomic E-state index is -0.652. The molecule has 0 aliphatic rings. The number of rotatable bonds is 4. The van der Waals surface area contributed by atoms with Gasteiger partial charge in [-0.1, -0.05) is 6.07 Å².